The number of nitrogens with zero attached hydrogens (tertiary/aromatic N) is 4. The van der Waals surface area contributed by atoms with Gasteiger partial charge in [-0.2, -0.15) is 5.43 Å². The quantitative estimate of drug-likeness (QED) is 0.561. The maximum Gasteiger partial charge on any atom is 0.160 e. The monoisotopic (exact) mass is 147 g/mol. The molecular formula is C7H7N4. The van der Waals surface area contributed by atoms with E-state index in [0.717, 1.165) is 11.5 Å². The van der Waals surface area contributed by atoms with Crippen molar-refractivity contribution in [3.63, 3.8) is 0 Å². The van der Waals surface area contributed by atoms with Gasteiger partial charge in [-0.1, -0.05) is 0 Å². The number of allylic oxidation sites excluding steroid dienone is 1. The van der Waals surface area contributed by atoms with Gasteiger partial charge in [-0.3, -0.25) is 0 Å². The van der Waals surface area contributed by atoms with Crippen molar-refractivity contribution in [1.29, 1.82) is 0 Å². The highest BCUT2D eigenvalue weighted by molar-refractivity contribution is 6.07. The first-order chi connectivity index (χ1) is 5.38. The van der Waals surface area contributed by atoms with E-state index in [4.69, 9.17) is 0 Å². The van der Waals surface area contributed by atoms with Crippen molar-refractivity contribution < 1.29 is 0 Å². The first-order valence-electron chi connectivity index (χ1n) is 3.30. The average Bonchev–Trinajstić information content (AvgIpc) is 2.55. The minimum Gasteiger partial charge on any atom is -0.333 e. The second kappa shape index (κ2) is 2.23. The lowest BCUT2D eigenvalue weighted by molar-refractivity contribution is 0.891. The lowest BCUT2D eigenvalue weighted by atomic mass is 10.3. The van der Waals surface area contributed by atoms with E-state index < -0.39 is 0 Å². The molecular weight excluding hydrogens is 140 g/mol. The van der Waals surface area contributed by atoms with Crippen LogP contribution >= 0.6 is 0 Å². The molecule has 2 rings (SSSR count). The number of aromatic nitrogens is 2. The lowest BCUT2D eigenvalue weighted by Crippen LogP contribution is -2.04. The van der Waals surface area contributed by atoms with Crippen molar-refractivity contribution in [3.05, 3.63) is 30.5 Å². The highest BCUT2D eigenvalue weighted by atomic mass is 15.3. The topological polar surface area (TPSA) is 44.3 Å². The Balaban J connectivity index is 2.43. The molecule has 0 aliphatic carbocycles. The van der Waals surface area contributed by atoms with Crippen LogP contribution in [0, 0.1) is 0 Å². The van der Waals surface area contributed by atoms with E-state index in [1.165, 1.54) is 0 Å². The highest BCUT2D eigenvalue weighted by Gasteiger charge is 2.08. The van der Waals surface area contributed by atoms with E-state index in [9.17, 15) is 0 Å². The van der Waals surface area contributed by atoms with E-state index in [0.29, 0.717) is 0 Å². The molecule has 0 unspecified atom stereocenters. The van der Waals surface area contributed by atoms with Crippen LogP contribution in [0.2, 0.25) is 0 Å². The summed E-state index contributed by atoms with van der Waals surface area (Å²) in [5.41, 5.74) is 4.53. The molecule has 0 saturated carbocycles. The summed E-state index contributed by atoms with van der Waals surface area (Å²) >= 11 is 0. The molecule has 0 saturated heterocycles. The highest BCUT2D eigenvalue weighted by Crippen LogP contribution is 2.01. The van der Waals surface area contributed by atoms with E-state index in [2.05, 4.69) is 15.5 Å². The molecule has 0 amide bonds. The Hall–Kier alpha value is -1.58. The van der Waals surface area contributed by atoms with Gasteiger partial charge in [-0.05, 0) is 6.08 Å². The molecule has 0 N–H and O–H groups in total. The zero-order valence-corrected chi connectivity index (χ0v) is 6.10. The van der Waals surface area contributed by atoms with Crippen LogP contribution < -0.4 is 5.43 Å². The lowest BCUT2D eigenvalue weighted by Gasteiger charge is -1.95. The summed E-state index contributed by atoms with van der Waals surface area (Å²) in [4.78, 5) is 4.12. The van der Waals surface area contributed by atoms with Gasteiger partial charge < -0.3 is 4.57 Å². The van der Waals surface area contributed by atoms with Crippen molar-refractivity contribution in [2.45, 2.75) is 0 Å². The van der Waals surface area contributed by atoms with Gasteiger partial charge in [-0.25, -0.2) is 4.98 Å². The van der Waals surface area contributed by atoms with Gasteiger partial charge in [0, 0.05) is 19.4 Å². The Bertz CT molecular complexity index is 321. The van der Waals surface area contributed by atoms with Crippen molar-refractivity contribution in [3.8, 4) is 0 Å². The van der Waals surface area contributed by atoms with E-state index in [1.54, 1.807) is 12.4 Å². The van der Waals surface area contributed by atoms with Crippen molar-refractivity contribution >= 4 is 5.71 Å². The minimum atomic E-state index is 0.817. The van der Waals surface area contributed by atoms with Gasteiger partial charge in [0.25, 0.3) is 0 Å². The minimum absolute atomic E-state index is 0.817. The van der Waals surface area contributed by atoms with Crippen molar-refractivity contribution in [2.24, 2.45) is 12.1 Å². The normalized spacial score (nSPS) is 14.8. The van der Waals surface area contributed by atoms with Crippen LogP contribution in [-0.4, -0.2) is 15.3 Å². The summed E-state index contributed by atoms with van der Waals surface area (Å²) < 4.78 is 1.91. The molecule has 1 aromatic rings. The zero-order chi connectivity index (χ0) is 7.68. The fourth-order valence-electron chi connectivity index (χ4n) is 0.964. The first-order valence-corrected chi connectivity index (χ1v) is 3.30. The smallest absolute Gasteiger partial charge is 0.160 e. The van der Waals surface area contributed by atoms with Gasteiger partial charge >= 0.3 is 0 Å². The van der Waals surface area contributed by atoms with E-state index in [-0.39, 0.29) is 0 Å². The van der Waals surface area contributed by atoms with Gasteiger partial charge in [0.05, 0.1) is 6.20 Å². The SMILES string of the molecule is Cn1ccnc1C1=N[N]C=C1. The Morgan fingerprint density at radius 2 is 2.36 bits per heavy atom. The maximum atomic E-state index is 4.12. The van der Waals surface area contributed by atoms with Gasteiger partial charge in [0.15, 0.2) is 5.82 Å². The molecule has 11 heavy (non-hydrogen) atoms. The molecule has 0 aromatic carbocycles. The summed E-state index contributed by atoms with van der Waals surface area (Å²) in [7, 11) is 1.93. The molecule has 4 nitrogen and oxygen atoms in total. The maximum absolute atomic E-state index is 4.12. The van der Waals surface area contributed by atoms with Crippen LogP contribution in [0.1, 0.15) is 5.82 Å². The third-order valence-corrected chi connectivity index (χ3v) is 1.51. The van der Waals surface area contributed by atoms with Gasteiger partial charge in [0.2, 0.25) is 0 Å². The number of hydrogen-bond acceptors (Lipinski definition) is 2. The molecule has 0 spiro atoms. The Labute approximate surface area is 64.2 Å². The second-order valence-corrected chi connectivity index (χ2v) is 2.28. The Kier molecular flexibility index (Phi) is 1.25. The second-order valence-electron chi connectivity index (χ2n) is 2.28. The van der Waals surface area contributed by atoms with Gasteiger partial charge in [-0.15, -0.1) is 5.10 Å². The van der Waals surface area contributed by atoms with Crippen LogP contribution in [0.25, 0.3) is 0 Å². The molecule has 0 fully saturated rings. The van der Waals surface area contributed by atoms with E-state index >= 15 is 0 Å². The molecule has 1 aliphatic heterocycles. The van der Waals surface area contributed by atoms with Crippen LogP contribution in [0.5, 0.6) is 0 Å². The fourth-order valence-corrected chi connectivity index (χ4v) is 0.964. The molecule has 0 atom stereocenters. The molecule has 2 heterocycles. The van der Waals surface area contributed by atoms with Crippen LogP contribution in [0.4, 0.5) is 0 Å². The summed E-state index contributed by atoms with van der Waals surface area (Å²) in [6, 6.07) is 0. The fraction of sp³-hybridized carbons (Fsp3) is 0.143. The molecule has 0 bridgehead atoms. The molecule has 1 aliphatic rings. The number of imidazole rings is 1. The predicted octanol–water partition coefficient (Wildman–Crippen LogP) is 0.256. The van der Waals surface area contributed by atoms with Crippen molar-refractivity contribution in [2.75, 3.05) is 0 Å². The van der Waals surface area contributed by atoms with Crippen molar-refractivity contribution in [1.82, 2.24) is 15.0 Å². The summed E-state index contributed by atoms with van der Waals surface area (Å²) in [6.07, 6.45) is 7.11. The number of hydrogen-bond donors (Lipinski definition) is 0. The number of rotatable bonds is 1. The molecule has 1 radical (unpaired) electrons. The third-order valence-electron chi connectivity index (χ3n) is 1.51. The van der Waals surface area contributed by atoms with Gasteiger partial charge in [0.1, 0.15) is 5.71 Å². The molecule has 55 valence electrons. The Morgan fingerprint density at radius 3 is 2.91 bits per heavy atom. The summed E-state index contributed by atoms with van der Waals surface area (Å²) in [5.74, 6) is 0.850. The Morgan fingerprint density at radius 1 is 1.45 bits per heavy atom. The summed E-state index contributed by atoms with van der Waals surface area (Å²) in [5, 5.41) is 3.89. The standard InChI is InChI=1S/C7H7N4/c1-11-5-4-8-7(11)6-2-3-9-10-6/h2-5H,1H3. The van der Waals surface area contributed by atoms with Crippen LogP contribution in [0.3, 0.4) is 0 Å². The zero-order valence-electron chi connectivity index (χ0n) is 6.10. The van der Waals surface area contributed by atoms with E-state index in [1.807, 2.05) is 23.9 Å². The number of aryl methyl sites for hydroxylation is 1. The third kappa shape index (κ3) is 0.920. The molecule has 1 aromatic heterocycles. The largest absolute Gasteiger partial charge is 0.333 e. The van der Waals surface area contributed by atoms with Crippen LogP contribution in [-0.2, 0) is 7.05 Å². The van der Waals surface area contributed by atoms with Crippen LogP contribution in [0.15, 0.2) is 29.8 Å². The first kappa shape index (κ1) is 6.15. The summed E-state index contributed by atoms with van der Waals surface area (Å²) in [6.45, 7) is 0. The average molecular weight is 147 g/mol. The predicted molar refractivity (Wildman–Crippen MR) is 41.0 cm³/mol. The molecule has 4 heteroatoms.